The van der Waals surface area contributed by atoms with Crippen molar-refractivity contribution in [1.82, 2.24) is 10.0 Å². The third-order valence-electron chi connectivity index (χ3n) is 5.39. The largest absolute Gasteiger partial charge is 0.282 e. The fourth-order valence-electron chi connectivity index (χ4n) is 3.65. The van der Waals surface area contributed by atoms with Gasteiger partial charge in [-0.15, -0.1) is 0 Å². The van der Waals surface area contributed by atoms with Crippen LogP contribution in [0.1, 0.15) is 36.6 Å². The molecule has 0 fully saturated rings. The molecule has 3 aromatic rings. The fourth-order valence-corrected chi connectivity index (χ4v) is 4.66. The summed E-state index contributed by atoms with van der Waals surface area (Å²) in [6.07, 6.45) is 0. The van der Waals surface area contributed by atoms with Gasteiger partial charge in [-0.3, -0.25) is 34.6 Å². The van der Waals surface area contributed by atoms with Crippen molar-refractivity contribution < 1.29 is 24.2 Å². The third-order valence-corrected chi connectivity index (χ3v) is 7.19. The SMILES string of the molecule is O=C(c1ccc([N+](=O)[O-])cc1)N(Cc1ccccc1[N+](=O)[O-])N1C(=O)c2c(Cl)c(Cl)c(Cl)c(Cl)c2C1=O. The highest BCUT2D eigenvalue weighted by Gasteiger charge is 2.46. The molecule has 37 heavy (non-hydrogen) atoms. The first-order chi connectivity index (χ1) is 17.5. The van der Waals surface area contributed by atoms with Crippen molar-refractivity contribution in [2.45, 2.75) is 6.54 Å². The van der Waals surface area contributed by atoms with Crippen molar-refractivity contribution >= 4 is 75.5 Å². The Balaban J connectivity index is 1.87. The molecule has 3 amide bonds. The zero-order chi connectivity index (χ0) is 27.2. The van der Waals surface area contributed by atoms with E-state index in [1.54, 1.807) is 0 Å². The molecule has 3 aromatic carbocycles. The number of fused-ring (bicyclic) bond motifs is 1. The number of imide groups is 1. The first-order valence-corrected chi connectivity index (χ1v) is 11.5. The third kappa shape index (κ3) is 4.46. The maximum absolute atomic E-state index is 13.6. The summed E-state index contributed by atoms with van der Waals surface area (Å²) in [6, 6.07) is 9.69. The predicted octanol–water partition coefficient (Wildman–Crippen LogP) is 5.97. The minimum atomic E-state index is -1.08. The Morgan fingerprint density at radius 2 is 1.30 bits per heavy atom. The van der Waals surface area contributed by atoms with Crippen LogP contribution in [0.4, 0.5) is 11.4 Å². The van der Waals surface area contributed by atoms with Crippen LogP contribution in [-0.4, -0.2) is 37.6 Å². The lowest BCUT2D eigenvalue weighted by Gasteiger charge is -2.30. The van der Waals surface area contributed by atoms with Gasteiger partial charge in [0.05, 0.1) is 53.2 Å². The van der Waals surface area contributed by atoms with E-state index in [2.05, 4.69) is 0 Å². The lowest BCUT2D eigenvalue weighted by atomic mass is 10.1. The van der Waals surface area contributed by atoms with Gasteiger partial charge < -0.3 is 0 Å². The molecule has 0 spiro atoms. The number of rotatable bonds is 6. The van der Waals surface area contributed by atoms with Crippen molar-refractivity contribution in [3.63, 3.8) is 0 Å². The van der Waals surface area contributed by atoms with Crippen LogP contribution < -0.4 is 0 Å². The molecule has 11 nitrogen and oxygen atoms in total. The molecule has 0 radical (unpaired) electrons. The standard InChI is InChI=1S/C22H10Cl4N4O7/c23-16-14-15(17(24)19(26)18(16)25)22(33)28(21(14)32)27(9-11-3-1-2-4-13(11)30(36)37)20(31)10-5-7-12(8-6-10)29(34)35/h1-8H,9H2. The van der Waals surface area contributed by atoms with E-state index in [-0.39, 0.29) is 42.6 Å². The number of para-hydroxylation sites is 1. The number of benzene rings is 3. The van der Waals surface area contributed by atoms with Crippen molar-refractivity contribution in [2.24, 2.45) is 0 Å². The van der Waals surface area contributed by atoms with Gasteiger partial charge in [-0.25, -0.2) is 5.01 Å². The van der Waals surface area contributed by atoms with Gasteiger partial charge >= 0.3 is 0 Å². The molecule has 1 aliphatic heterocycles. The molecule has 0 bridgehead atoms. The second-order valence-electron chi connectivity index (χ2n) is 7.48. The van der Waals surface area contributed by atoms with Gasteiger partial charge in [0.2, 0.25) is 0 Å². The molecule has 0 saturated heterocycles. The predicted molar refractivity (Wildman–Crippen MR) is 133 cm³/mol. The molecule has 0 unspecified atom stereocenters. The van der Waals surface area contributed by atoms with E-state index in [1.165, 1.54) is 24.3 Å². The van der Waals surface area contributed by atoms with Crippen LogP contribution in [0, 0.1) is 20.2 Å². The minimum absolute atomic E-state index is 0.0208. The number of carbonyl (C=O) groups excluding carboxylic acids is 3. The second kappa shape index (κ2) is 9.94. The van der Waals surface area contributed by atoms with E-state index in [9.17, 15) is 34.6 Å². The maximum Gasteiger partial charge on any atom is 0.282 e. The minimum Gasteiger partial charge on any atom is -0.267 e. The van der Waals surface area contributed by atoms with Crippen LogP contribution in [0.5, 0.6) is 0 Å². The Bertz CT molecular complexity index is 1480. The van der Waals surface area contributed by atoms with Crippen molar-refractivity contribution in [3.05, 3.63) is 111 Å². The number of nitro groups is 2. The van der Waals surface area contributed by atoms with Crippen LogP contribution in [0.15, 0.2) is 48.5 Å². The summed E-state index contributed by atoms with van der Waals surface area (Å²) in [5.41, 5.74) is -1.69. The van der Waals surface area contributed by atoms with Gasteiger partial charge in [-0.1, -0.05) is 64.6 Å². The number of non-ortho nitro benzene ring substituents is 1. The lowest BCUT2D eigenvalue weighted by Crippen LogP contribution is -2.49. The van der Waals surface area contributed by atoms with E-state index < -0.39 is 45.2 Å². The molecule has 4 rings (SSSR count). The molecule has 1 heterocycles. The van der Waals surface area contributed by atoms with Crippen LogP contribution in [0.2, 0.25) is 20.1 Å². The highest BCUT2D eigenvalue weighted by Crippen LogP contribution is 2.45. The Labute approximate surface area is 226 Å². The van der Waals surface area contributed by atoms with E-state index in [4.69, 9.17) is 46.4 Å². The first kappa shape index (κ1) is 26.3. The van der Waals surface area contributed by atoms with Crippen LogP contribution in [0.25, 0.3) is 0 Å². The number of nitro benzene ring substituents is 2. The Hall–Kier alpha value is -3.77. The van der Waals surface area contributed by atoms with E-state index in [1.807, 2.05) is 0 Å². The summed E-state index contributed by atoms with van der Waals surface area (Å²) >= 11 is 24.5. The number of nitrogens with zero attached hydrogens (tertiary/aromatic N) is 4. The molecule has 188 valence electrons. The zero-order valence-corrected chi connectivity index (χ0v) is 21.0. The van der Waals surface area contributed by atoms with Crippen LogP contribution in [-0.2, 0) is 6.54 Å². The summed E-state index contributed by atoms with van der Waals surface area (Å²) in [4.78, 5) is 61.6. The number of amides is 3. The normalized spacial score (nSPS) is 12.5. The molecule has 0 aliphatic carbocycles. The quantitative estimate of drug-likeness (QED) is 0.114. The van der Waals surface area contributed by atoms with Crippen molar-refractivity contribution in [3.8, 4) is 0 Å². The topological polar surface area (TPSA) is 144 Å². The van der Waals surface area contributed by atoms with E-state index in [0.717, 1.165) is 24.3 Å². The number of carbonyl (C=O) groups is 3. The Morgan fingerprint density at radius 1 is 0.784 bits per heavy atom. The highest BCUT2D eigenvalue weighted by atomic mass is 35.5. The number of hydrazine groups is 1. The van der Waals surface area contributed by atoms with E-state index in [0.29, 0.717) is 10.0 Å². The average molecular weight is 584 g/mol. The summed E-state index contributed by atoms with van der Waals surface area (Å²) in [6.45, 7) is -0.616. The van der Waals surface area contributed by atoms with Crippen LogP contribution in [0.3, 0.4) is 0 Å². The summed E-state index contributed by atoms with van der Waals surface area (Å²) in [7, 11) is 0. The van der Waals surface area contributed by atoms with Gasteiger partial charge in [0.1, 0.15) is 0 Å². The first-order valence-electron chi connectivity index (χ1n) is 9.99. The molecule has 0 atom stereocenters. The number of halogens is 4. The summed E-state index contributed by atoms with van der Waals surface area (Å²) in [5.74, 6) is -3.15. The average Bonchev–Trinajstić information content (AvgIpc) is 3.14. The molecule has 1 aliphatic rings. The monoisotopic (exact) mass is 582 g/mol. The Morgan fingerprint density at radius 3 is 1.78 bits per heavy atom. The lowest BCUT2D eigenvalue weighted by molar-refractivity contribution is -0.385. The number of hydrogen-bond donors (Lipinski definition) is 0. The van der Waals surface area contributed by atoms with Gasteiger partial charge in [-0.2, -0.15) is 5.01 Å². The zero-order valence-electron chi connectivity index (χ0n) is 18.0. The molecule has 0 saturated carbocycles. The van der Waals surface area contributed by atoms with Crippen molar-refractivity contribution in [1.29, 1.82) is 0 Å². The summed E-state index contributed by atoms with van der Waals surface area (Å²) < 4.78 is 0. The smallest absolute Gasteiger partial charge is 0.267 e. The molecular weight excluding hydrogens is 574 g/mol. The molecular formula is C22H10Cl4N4O7. The molecule has 15 heteroatoms. The molecule has 0 aromatic heterocycles. The van der Waals surface area contributed by atoms with Crippen molar-refractivity contribution in [2.75, 3.05) is 0 Å². The summed E-state index contributed by atoms with van der Waals surface area (Å²) in [5, 5.41) is 22.3. The van der Waals surface area contributed by atoms with Gasteiger partial charge in [0.15, 0.2) is 0 Å². The number of hydrogen-bond acceptors (Lipinski definition) is 7. The Kier molecular flexibility index (Phi) is 7.07. The van der Waals surface area contributed by atoms with Gasteiger partial charge in [0, 0.05) is 23.8 Å². The highest BCUT2D eigenvalue weighted by molar-refractivity contribution is 6.55. The van der Waals surface area contributed by atoms with Gasteiger partial charge in [0.25, 0.3) is 29.1 Å². The molecule has 0 N–H and O–H groups in total. The maximum atomic E-state index is 13.6. The fraction of sp³-hybridized carbons (Fsp3) is 0.0455. The second-order valence-corrected chi connectivity index (χ2v) is 8.99. The van der Waals surface area contributed by atoms with Gasteiger partial charge in [-0.05, 0) is 12.1 Å². The van der Waals surface area contributed by atoms with E-state index >= 15 is 0 Å². The van der Waals surface area contributed by atoms with Crippen LogP contribution >= 0.6 is 46.4 Å².